The minimum atomic E-state index is -0.0410. The quantitative estimate of drug-likeness (QED) is 0.698. The van der Waals surface area contributed by atoms with Gasteiger partial charge >= 0.3 is 5.97 Å². The van der Waals surface area contributed by atoms with Crippen LogP contribution in [-0.4, -0.2) is 25.7 Å². The zero-order valence-electron chi connectivity index (χ0n) is 9.43. The van der Waals surface area contributed by atoms with Crippen LogP contribution in [0, 0.1) is 11.3 Å². The second-order valence-electron chi connectivity index (χ2n) is 5.26. The molecule has 0 aliphatic carbocycles. The van der Waals surface area contributed by atoms with Crippen molar-refractivity contribution in [3.05, 3.63) is 0 Å². The van der Waals surface area contributed by atoms with Crippen molar-refractivity contribution >= 4 is 5.97 Å². The maximum absolute atomic E-state index is 11.3. The van der Waals surface area contributed by atoms with E-state index < -0.39 is 0 Å². The summed E-state index contributed by atoms with van der Waals surface area (Å²) in [6.45, 7) is 8.94. The van der Waals surface area contributed by atoms with E-state index in [1.165, 1.54) is 0 Å². The van der Waals surface area contributed by atoms with Crippen molar-refractivity contribution in [2.45, 2.75) is 33.6 Å². The van der Waals surface area contributed by atoms with E-state index >= 15 is 0 Å². The van der Waals surface area contributed by atoms with Crippen LogP contribution in [0.1, 0.15) is 33.6 Å². The van der Waals surface area contributed by atoms with Crippen LogP contribution in [-0.2, 0) is 9.53 Å². The van der Waals surface area contributed by atoms with E-state index in [-0.39, 0.29) is 11.4 Å². The van der Waals surface area contributed by atoms with Gasteiger partial charge in [0.15, 0.2) is 0 Å². The lowest BCUT2D eigenvalue weighted by Crippen LogP contribution is -2.43. The first kappa shape index (κ1) is 11.5. The Balaban J connectivity index is 2.03. The molecule has 82 valence electrons. The molecule has 0 radical (unpaired) electrons. The van der Waals surface area contributed by atoms with Crippen molar-refractivity contribution in [3.8, 4) is 0 Å². The van der Waals surface area contributed by atoms with Gasteiger partial charge < -0.3 is 10.1 Å². The van der Waals surface area contributed by atoms with Gasteiger partial charge in [0.1, 0.15) is 0 Å². The predicted octanol–water partition coefficient (Wildman–Crippen LogP) is 1.58. The highest BCUT2D eigenvalue weighted by atomic mass is 16.5. The zero-order chi connectivity index (χ0) is 10.6. The second-order valence-corrected chi connectivity index (χ2v) is 5.26. The molecule has 0 bridgehead atoms. The number of carbonyl (C=O) groups excluding carboxylic acids is 1. The molecule has 14 heavy (non-hydrogen) atoms. The predicted molar refractivity (Wildman–Crippen MR) is 56.0 cm³/mol. The number of carbonyl (C=O) groups is 1. The van der Waals surface area contributed by atoms with Crippen molar-refractivity contribution in [2.24, 2.45) is 11.3 Å². The van der Waals surface area contributed by atoms with E-state index in [4.69, 9.17) is 4.74 Å². The third kappa shape index (κ3) is 4.61. The number of rotatable bonds is 4. The Bertz CT molecular complexity index is 192. The molecule has 1 heterocycles. The van der Waals surface area contributed by atoms with Gasteiger partial charge in [0.05, 0.1) is 13.0 Å². The second kappa shape index (κ2) is 4.78. The van der Waals surface area contributed by atoms with Crippen molar-refractivity contribution < 1.29 is 9.53 Å². The summed E-state index contributed by atoms with van der Waals surface area (Å²) in [5.74, 6) is 0.470. The summed E-state index contributed by atoms with van der Waals surface area (Å²) in [6.07, 6.45) is 1.51. The average Bonchev–Trinajstić information content (AvgIpc) is 1.94. The Labute approximate surface area is 86.2 Å². The number of nitrogens with one attached hydrogen (secondary N) is 1. The van der Waals surface area contributed by atoms with Crippen LogP contribution >= 0.6 is 0 Å². The molecule has 1 fully saturated rings. The SMILES string of the molecule is CC(C)(C)CCOC(=O)CC1CNC1. The Kier molecular flexibility index (Phi) is 3.93. The van der Waals surface area contributed by atoms with Crippen LogP contribution in [0.2, 0.25) is 0 Å². The molecule has 3 nitrogen and oxygen atoms in total. The fourth-order valence-corrected chi connectivity index (χ4v) is 1.26. The smallest absolute Gasteiger partial charge is 0.306 e. The van der Waals surface area contributed by atoms with Gasteiger partial charge in [-0.15, -0.1) is 0 Å². The number of ether oxygens (including phenoxy) is 1. The number of hydrogen-bond donors (Lipinski definition) is 1. The molecule has 0 atom stereocenters. The molecule has 0 aromatic heterocycles. The Morgan fingerprint density at radius 2 is 2.07 bits per heavy atom. The fraction of sp³-hybridized carbons (Fsp3) is 0.909. The normalized spacial score (nSPS) is 17.6. The molecule has 1 aliphatic rings. The summed E-state index contributed by atoms with van der Waals surface area (Å²) < 4.78 is 5.16. The topological polar surface area (TPSA) is 38.3 Å². The van der Waals surface area contributed by atoms with Crippen molar-refractivity contribution in [1.29, 1.82) is 0 Å². The van der Waals surface area contributed by atoms with Gasteiger partial charge in [0, 0.05) is 0 Å². The van der Waals surface area contributed by atoms with Gasteiger partial charge in [0.25, 0.3) is 0 Å². The van der Waals surface area contributed by atoms with E-state index in [2.05, 4.69) is 26.1 Å². The molecule has 1 rings (SSSR count). The van der Waals surface area contributed by atoms with Gasteiger partial charge in [-0.1, -0.05) is 20.8 Å². The summed E-state index contributed by atoms with van der Waals surface area (Å²) in [5.41, 5.74) is 0.248. The molecule has 1 N–H and O–H groups in total. The molecular weight excluding hydrogens is 178 g/mol. The van der Waals surface area contributed by atoms with Gasteiger partial charge in [-0.05, 0) is 30.8 Å². The van der Waals surface area contributed by atoms with Gasteiger partial charge in [-0.2, -0.15) is 0 Å². The van der Waals surface area contributed by atoms with E-state index in [1.54, 1.807) is 0 Å². The minimum Gasteiger partial charge on any atom is -0.466 e. The van der Waals surface area contributed by atoms with Crippen LogP contribution in [0.25, 0.3) is 0 Å². The van der Waals surface area contributed by atoms with E-state index in [9.17, 15) is 4.79 Å². The molecule has 3 heteroatoms. The lowest BCUT2D eigenvalue weighted by atomic mass is 9.93. The van der Waals surface area contributed by atoms with Gasteiger partial charge in [-0.3, -0.25) is 4.79 Å². The monoisotopic (exact) mass is 199 g/mol. The van der Waals surface area contributed by atoms with Crippen LogP contribution in [0.4, 0.5) is 0 Å². The number of esters is 1. The fourth-order valence-electron chi connectivity index (χ4n) is 1.26. The third-order valence-corrected chi connectivity index (χ3v) is 2.44. The lowest BCUT2D eigenvalue weighted by Gasteiger charge is -2.26. The summed E-state index contributed by atoms with van der Waals surface area (Å²) in [4.78, 5) is 11.3. The summed E-state index contributed by atoms with van der Waals surface area (Å²) in [5, 5.41) is 3.14. The Hall–Kier alpha value is -0.570. The molecule has 0 aromatic carbocycles. The van der Waals surface area contributed by atoms with E-state index in [1.807, 2.05) is 0 Å². The van der Waals surface area contributed by atoms with Crippen molar-refractivity contribution in [3.63, 3.8) is 0 Å². The summed E-state index contributed by atoms with van der Waals surface area (Å²) >= 11 is 0. The zero-order valence-corrected chi connectivity index (χ0v) is 9.43. The maximum Gasteiger partial charge on any atom is 0.306 e. The standard InChI is InChI=1S/C11H21NO2/c1-11(2,3)4-5-14-10(13)6-9-7-12-8-9/h9,12H,4-8H2,1-3H3. The highest BCUT2D eigenvalue weighted by molar-refractivity contribution is 5.69. The molecular formula is C11H21NO2. The molecule has 0 unspecified atom stereocenters. The first-order valence-electron chi connectivity index (χ1n) is 5.34. The first-order valence-corrected chi connectivity index (χ1v) is 5.34. The highest BCUT2D eigenvalue weighted by Gasteiger charge is 2.21. The largest absolute Gasteiger partial charge is 0.466 e. The first-order chi connectivity index (χ1) is 6.47. The minimum absolute atomic E-state index is 0.0410. The van der Waals surface area contributed by atoms with E-state index in [0.29, 0.717) is 18.9 Å². The Morgan fingerprint density at radius 3 is 2.50 bits per heavy atom. The molecule has 0 aromatic rings. The van der Waals surface area contributed by atoms with E-state index in [0.717, 1.165) is 19.5 Å². The van der Waals surface area contributed by atoms with Crippen molar-refractivity contribution in [1.82, 2.24) is 5.32 Å². The molecule has 1 saturated heterocycles. The molecule has 1 aliphatic heterocycles. The average molecular weight is 199 g/mol. The molecule has 0 saturated carbocycles. The van der Waals surface area contributed by atoms with Gasteiger partial charge in [0.2, 0.25) is 0 Å². The van der Waals surface area contributed by atoms with Crippen LogP contribution in [0.3, 0.4) is 0 Å². The third-order valence-electron chi connectivity index (χ3n) is 2.44. The lowest BCUT2D eigenvalue weighted by molar-refractivity contribution is -0.145. The van der Waals surface area contributed by atoms with Crippen molar-refractivity contribution in [2.75, 3.05) is 19.7 Å². The number of hydrogen-bond acceptors (Lipinski definition) is 3. The van der Waals surface area contributed by atoms with Crippen LogP contribution < -0.4 is 5.32 Å². The van der Waals surface area contributed by atoms with Gasteiger partial charge in [-0.25, -0.2) is 0 Å². The van der Waals surface area contributed by atoms with Crippen LogP contribution in [0.15, 0.2) is 0 Å². The maximum atomic E-state index is 11.3. The summed E-state index contributed by atoms with van der Waals surface area (Å²) in [7, 11) is 0. The Morgan fingerprint density at radius 1 is 1.43 bits per heavy atom. The van der Waals surface area contributed by atoms with Crippen LogP contribution in [0.5, 0.6) is 0 Å². The summed E-state index contributed by atoms with van der Waals surface area (Å²) in [6, 6.07) is 0. The molecule has 0 spiro atoms. The molecule has 0 amide bonds. The highest BCUT2D eigenvalue weighted by Crippen LogP contribution is 2.18.